The van der Waals surface area contributed by atoms with Gasteiger partial charge in [-0.2, -0.15) is 0 Å². The molecule has 0 unspecified atom stereocenters. The van der Waals surface area contributed by atoms with Crippen LogP contribution in [0.5, 0.6) is 5.75 Å². The van der Waals surface area contributed by atoms with Gasteiger partial charge in [-0.3, -0.25) is 19.2 Å². The topological polar surface area (TPSA) is 171 Å². The molecule has 0 spiro atoms. The first kappa shape index (κ1) is 35.7. The Labute approximate surface area is 264 Å². The lowest BCUT2D eigenvalue weighted by atomic mass is 9.79. The van der Waals surface area contributed by atoms with Gasteiger partial charge in [0.2, 0.25) is 11.8 Å². The zero-order valence-corrected chi connectivity index (χ0v) is 27.6. The molecule has 248 valence electrons. The lowest BCUT2D eigenvalue weighted by Gasteiger charge is -2.39. The average molecular weight is 631 g/mol. The van der Waals surface area contributed by atoms with Gasteiger partial charge in [-0.05, 0) is 51.8 Å². The molecule has 2 aromatic rings. The lowest BCUT2D eigenvalue weighted by Crippen LogP contribution is -2.59. The Bertz CT molecular complexity index is 1360. The van der Waals surface area contributed by atoms with Gasteiger partial charge in [-0.1, -0.05) is 38.1 Å². The van der Waals surface area contributed by atoms with Gasteiger partial charge in [0.25, 0.3) is 5.91 Å². The number of ether oxygens (including phenoxy) is 4. The number of nitrogens with zero attached hydrogens (tertiary/aromatic N) is 1. The second-order valence-electron chi connectivity index (χ2n) is 13.0. The molecule has 3 N–H and O–H groups in total. The molecule has 2 heterocycles. The summed E-state index contributed by atoms with van der Waals surface area (Å²) in [5.41, 5.74) is -0.897. The Balaban J connectivity index is 1.76. The number of carbonyl (C=O) groups is 4. The maximum Gasteiger partial charge on any atom is 0.274 e. The van der Waals surface area contributed by atoms with Gasteiger partial charge in [0.15, 0.2) is 11.5 Å². The fourth-order valence-corrected chi connectivity index (χ4v) is 4.20. The van der Waals surface area contributed by atoms with Crippen molar-refractivity contribution in [1.29, 1.82) is 0 Å². The number of epoxide rings is 1. The number of rotatable bonds is 16. The standard InChI is InChI=1S/C32H46N4O9/c1-19-13-23(36-45-19)27(38)34-25(17-42-9)29(40)35-24(16-41-8)28(39)33-22(26(37)32(7)18-43-32)15-20-11-10-12-21(14-20)44-31(5,6)30(2,3)4/h10-14,22,24-25H,15-18H2,1-9H3,(H,33,39)(H,34,38)(H,35,40)/t22-,24-,25-,32+/m0/s1. The van der Waals surface area contributed by atoms with Gasteiger partial charge in [0.05, 0.1) is 25.9 Å². The Kier molecular flexibility index (Phi) is 11.5. The molecule has 45 heavy (non-hydrogen) atoms. The second-order valence-corrected chi connectivity index (χ2v) is 13.0. The minimum Gasteiger partial charge on any atom is -0.487 e. The first-order chi connectivity index (χ1) is 21.0. The number of benzene rings is 1. The molecule has 3 rings (SSSR count). The van der Waals surface area contributed by atoms with Crippen LogP contribution in [0.25, 0.3) is 0 Å². The number of methoxy groups -OCH3 is 2. The molecule has 13 nitrogen and oxygen atoms in total. The van der Waals surface area contributed by atoms with Crippen molar-refractivity contribution in [1.82, 2.24) is 21.1 Å². The molecule has 1 fully saturated rings. The van der Waals surface area contributed by atoms with E-state index in [4.69, 9.17) is 23.5 Å². The van der Waals surface area contributed by atoms with E-state index in [-0.39, 0.29) is 43.1 Å². The number of aryl methyl sites for hydroxylation is 1. The van der Waals surface area contributed by atoms with Crippen molar-refractivity contribution >= 4 is 23.5 Å². The number of carbonyl (C=O) groups excluding carboxylic acids is 4. The molecular weight excluding hydrogens is 584 g/mol. The molecule has 0 aliphatic carbocycles. The zero-order chi connectivity index (χ0) is 33.6. The molecule has 0 radical (unpaired) electrons. The summed E-state index contributed by atoms with van der Waals surface area (Å²) in [4.78, 5) is 52.9. The monoisotopic (exact) mass is 630 g/mol. The Morgan fingerprint density at radius 1 is 0.933 bits per heavy atom. The Morgan fingerprint density at radius 2 is 1.51 bits per heavy atom. The van der Waals surface area contributed by atoms with Gasteiger partial charge >= 0.3 is 0 Å². The predicted molar refractivity (Wildman–Crippen MR) is 164 cm³/mol. The number of Topliss-reactive ketones (excluding diaryl/α,β-unsaturated/α-hetero) is 1. The third-order valence-corrected chi connectivity index (χ3v) is 8.03. The quantitative estimate of drug-likeness (QED) is 0.234. The smallest absolute Gasteiger partial charge is 0.274 e. The van der Waals surface area contributed by atoms with Crippen molar-refractivity contribution in [3.63, 3.8) is 0 Å². The highest BCUT2D eigenvalue weighted by Gasteiger charge is 2.50. The largest absolute Gasteiger partial charge is 0.487 e. The molecule has 3 amide bonds. The third kappa shape index (κ3) is 9.59. The van der Waals surface area contributed by atoms with E-state index in [1.165, 1.54) is 20.3 Å². The molecule has 1 saturated heterocycles. The Morgan fingerprint density at radius 3 is 2.02 bits per heavy atom. The van der Waals surface area contributed by atoms with Crippen molar-refractivity contribution in [3.05, 3.63) is 47.3 Å². The highest BCUT2D eigenvalue weighted by atomic mass is 16.6. The van der Waals surface area contributed by atoms with Crippen LogP contribution in [0.3, 0.4) is 0 Å². The molecule has 1 aliphatic rings. The van der Waals surface area contributed by atoms with Gasteiger partial charge < -0.3 is 39.4 Å². The maximum atomic E-state index is 13.5. The van der Waals surface area contributed by atoms with E-state index in [2.05, 4.69) is 41.9 Å². The molecular formula is C32H46N4O9. The minimum absolute atomic E-state index is 0.0128. The van der Waals surface area contributed by atoms with Crippen molar-refractivity contribution in [2.75, 3.05) is 34.0 Å². The van der Waals surface area contributed by atoms with E-state index in [0.717, 1.165) is 5.56 Å². The average Bonchev–Trinajstić information content (AvgIpc) is 3.56. The van der Waals surface area contributed by atoms with Gasteiger partial charge in [0, 0.05) is 25.7 Å². The first-order valence-corrected chi connectivity index (χ1v) is 14.8. The van der Waals surface area contributed by atoms with E-state index < -0.39 is 47.0 Å². The van der Waals surface area contributed by atoms with Crippen LogP contribution >= 0.6 is 0 Å². The molecule has 0 bridgehead atoms. The molecule has 1 aliphatic heterocycles. The van der Waals surface area contributed by atoms with Gasteiger partial charge in [-0.15, -0.1) is 0 Å². The van der Waals surface area contributed by atoms with E-state index in [1.807, 2.05) is 38.1 Å². The fraction of sp³-hybridized carbons (Fsp3) is 0.594. The molecule has 4 atom stereocenters. The van der Waals surface area contributed by atoms with Crippen LogP contribution in [-0.4, -0.2) is 92.0 Å². The molecule has 1 aromatic carbocycles. The molecule has 0 saturated carbocycles. The summed E-state index contributed by atoms with van der Waals surface area (Å²) < 4.78 is 27.0. The number of nitrogens with one attached hydrogen (secondary N) is 3. The highest BCUT2D eigenvalue weighted by molar-refractivity contribution is 5.99. The summed E-state index contributed by atoms with van der Waals surface area (Å²) in [5.74, 6) is -1.25. The van der Waals surface area contributed by atoms with Crippen molar-refractivity contribution in [2.24, 2.45) is 5.41 Å². The van der Waals surface area contributed by atoms with Crippen molar-refractivity contribution in [2.45, 2.75) is 84.2 Å². The number of ketones is 1. The van der Waals surface area contributed by atoms with Gasteiger partial charge in [0.1, 0.15) is 34.8 Å². The van der Waals surface area contributed by atoms with E-state index >= 15 is 0 Å². The van der Waals surface area contributed by atoms with Crippen molar-refractivity contribution < 1.29 is 42.6 Å². The fourth-order valence-electron chi connectivity index (χ4n) is 4.20. The van der Waals surface area contributed by atoms with Crippen molar-refractivity contribution in [3.8, 4) is 5.75 Å². The first-order valence-electron chi connectivity index (χ1n) is 14.8. The zero-order valence-electron chi connectivity index (χ0n) is 27.6. The Hall–Kier alpha value is -3.81. The maximum absolute atomic E-state index is 13.5. The van der Waals surface area contributed by atoms with E-state index in [1.54, 1.807) is 13.8 Å². The predicted octanol–water partition coefficient (Wildman–Crippen LogP) is 2.15. The third-order valence-electron chi connectivity index (χ3n) is 8.03. The van der Waals surface area contributed by atoms with Crippen LogP contribution in [0.2, 0.25) is 0 Å². The van der Waals surface area contributed by atoms with Gasteiger partial charge in [-0.25, -0.2) is 0 Å². The van der Waals surface area contributed by atoms with Crippen LogP contribution in [0, 0.1) is 12.3 Å². The highest BCUT2D eigenvalue weighted by Crippen LogP contribution is 2.35. The van der Waals surface area contributed by atoms with E-state index in [9.17, 15) is 19.2 Å². The summed E-state index contributed by atoms with van der Waals surface area (Å²) >= 11 is 0. The van der Waals surface area contributed by atoms with Crippen LogP contribution in [0.4, 0.5) is 0 Å². The summed E-state index contributed by atoms with van der Waals surface area (Å²) in [7, 11) is 2.74. The molecule has 13 heteroatoms. The SMILES string of the molecule is COC[C@H](NC(=O)c1cc(C)on1)C(=O)N[C@@H](COC)C(=O)N[C@@H](Cc1cccc(OC(C)(C)C(C)(C)C)c1)C(=O)[C@@]1(C)CO1. The summed E-state index contributed by atoms with van der Waals surface area (Å²) in [6.07, 6.45) is 0.157. The minimum atomic E-state index is -1.20. The van der Waals surface area contributed by atoms with Crippen LogP contribution < -0.4 is 20.7 Å². The number of aromatic nitrogens is 1. The van der Waals surface area contributed by atoms with Crippen LogP contribution in [-0.2, 0) is 35.0 Å². The number of amides is 3. The summed E-state index contributed by atoms with van der Waals surface area (Å²) in [6, 6.07) is 5.47. The lowest BCUT2D eigenvalue weighted by molar-refractivity contribution is -0.134. The second kappa shape index (κ2) is 14.5. The van der Waals surface area contributed by atoms with Crippen LogP contribution in [0.1, 0.15) is 63.4 Å². The van der Waals surface area contributed by atoms with E-state index in [0.29, 0.717) is 11.5 Å². The summed E-state index contributed by atoms with van der Waals surface area (Å²) in [6.45, 7) is 13.5. The number of hydrogen-bond acceptors (Lipinski definition) is 10. The normalized spacial score (nSPS) is 18.3. The van der Waals surface area contributed by atoms with Crippen LogP contribution in [0.15, 0.2) is 34.9 Å². The number of hydrogen-bond donors (Lipinski definition) is 3. The summed E-state index contributed by atoms with van der Waals surface area (Å²) in [5, 5.41) is 11.6. The molecule has 1 aromatic heterocycles.